The average molecular weight is 278 g/mol. The molecule has 7 heteroatoms. The number of methoxy groups -OCH3 is 2. The third-order valence-corrected chi connectivity index (χ3v) is 2.53. The van der Waals surface area contributed by atoms with Crippen LogP contribution >= 0.6 is 0 Å². The summed E-state index contributed by atoms with van der Waals surface area (Å²) >= 11 is 0. The molecule has 2 aromatic rings. The summed E-state index contributed by atoms with van der Waals surface area (Å²) in [7, 11) is 3.10. The van der Waals surface area contributed by atoms with E-state index < -0.39 is 5.97 Å². The van der Waals surface area contributed by atoms with Crippen molar-refractivity contribution in [1.82, 2.24) is 4.98 Å². The van der Waals surface area contributed by atoms with Crippen molar-refractivity contribution in [2.45, 2.75) is 6.42 Å². The summed E-state index contributed by atoms with van der Waals surface area (Å²) in [5.74, 6) is 0.262. The highest BCUT2D eigenvalue weighted by Gasteiger charge is 2.11. The molecule has 0 aliphatic rings. The molecule has 0 atom stereocenters. The number of aliphatic carboxylic acids is 1. The van der Waals surface area contributed by atoms with Crippen molar-refractivity contribution in [3.63, 3.8) is 0 Å². The van der Waals surface area contributed by atoms with Gasteiger partial charge in [-0.3, -0.25) is 4.79 Å². The Kier molecular flexibility index (Phi) is 4.09. The molecule has 0 unspecified atom stereocenters. The number of rotatable bonds is 6. The van der Waals surface area contributed by atoms with Crippen molar-refractivity contribution in [2.24, 2.45) is 0 Å². The predicted octanol–water partition coefficient (Wildman–Crippen LogP) is 2.06. The molecule has 0 spiro atoms. The van der Waals surface area contributed by atoms with Gasteiger partial charge >= 0.3 is 5.97 Å². The molecule has 2 rings (SSSR count). The van der Waals surface area contributed by atoms with Crippen LogP contribution in [-0.2, 0) is 11.2 Å². The van der Waals surface area contributed by atoms with Gasteiger partial charge < -0.3 is 24.3 Å². The van der Waals surface area contributed by atoms with Gasteiger partial charge in [0.05, 0.1) is 32.0 Å². The summed E-state index contributed by atoms with van der Waals surface area (Å²) in [6, 6.07) is 5.41. The smallest absolute Gasteiger partial charge is 0.309 e. The van der Waals surface area contributed by atoms with Gasteiger partial charge in [0.15, 0.2) is 0 Å². The van der Waals surface area contributed by atoms with Crippen LogP contribution in [0.15, 0.2) is 28.9 Å². The lowest BCUT2D eigenvalue weighted by Crippen LogP contribution is -2.00. The number of anilines is 2. The highest BCUT2D eigenvalue weighted by molar-refractivity contribution is 5.70. The summed E-state index contributed by atoms with van der Waals surface area (Å²) in [6.07, 6.45) is 1.10. The van der Waals surface area contributed by atoms with E-state index in [1.54, 1.807) is 32.4 Å². The second kappa shape index (κ2) is 5.96. The van der Waals surface area contributed by atoms with Gasteiger partial charge in [-0.2, -0.15) is 4.98 Å². The molecule has 0 bridgehead atoms. The fraction of sp³-hybridized carbons (Fsp3) is 0.231. The first kappa shape index (κ1) is 13.7. The third-order valence-electron chi connectivity index (χ3n) is 2.53. The Morgan fingerprint density at radius 1 is 1.40 bits per heavy atom. The van der Waals surface area contributed by atoms with Gasteiger partial charge in [0.25, 0.3) is 6.01 Å². The van der Waals surface area contributed by atoms with Crippen LogP contribution in [0.5, 0.6) is 11.5 Å². The second-order valence-electron chi connectivity index (χ2n) is 3.91. The molecule has 7 nitrogen and oxygen atoms in total. The summed E-state index contributed by atoms with van der Waals surface area (Å²) in [6.45, 7) is 0. The Labute approximate surface area is 115 Å². The molecule has 0 saturated heterocycles. The Bertz CT molecular complexity index is 609. The van der Waals surface area contributed by atoms with E-state index in [-0.39, 0.29) is 12.4 Å². The number of carboxylic acid groups (broad SMARTS) is 1. The van der Waals surface area contributed by atoms with Crippen LogP contribution in [0, 0.1) is 0 Å². The maximum Gasteiger partial charge on any atom is 0.309 e. The molecule has 1 heterocycles. The number of nitrogens with one attached hydrogen (secondary N) is 1. The van der Waals surface area contributed by atoms with Gasteiger partial charge in [-0.05, 0) is 12.1 Å². The number of carbonyl (C=O) groups is 1. The average Bonchev–Trinajstić information content (AvgIpc) is 2.85. The third kappa shape index (κ3) is 3.19. The van der Waals surface area contributed by atoms with Gasteiger partial charge in [-0.1, -0.05) is 0 Å². The molecule has 20 heavy (non-hydrogen) atoms. The lowest BCUT2D eigenvalue weighted by Gasteiger charge is -2.10. The van der Waals surface area contributed by atoms with Gasteiger partial charge in [0.1, 0.15) is 17.8 Å². The predicted molar refractivity (Wildman–Crippen MR) is 70.7 cm³/mol. The maximum atomic E-state index is 10.6. The summed E-state index contributed by atoms with van der Waals surface area (Å²) in [5, 5.41) is 11.6. The van der Waals surface area contributed by atoms with Gasteiger partial charge in [0, 0.05) is 6.07 Å². The van der Waals surface area contributed by atoms with Crippen LogP contribution in [0.3, 0.4) is 0 Å². The van der Waals surface area contributed by atoms with Gasteiger partial charge in [-0.15, -0.1) is 0 Å². The van der Waals surface area contributed by atoms with Crippen molar-refractivity contribution in [2.75, 3.05) is 19.5 Å². The van der Waals surface area contributed by atoms with Crippen LogP contribution in [0.4, 0.5) is 11.7 Å². The lowest BCUT2D eigenvalue weighted by atomic mass is 10.2. The fourth-order valence-electron chi connectivity index (χ4n) is 1.63. The van der Waals surface area contributed by atoms with E-state index in [0.29, 0.717) is 22.9 Å². The second-order valence-corrected chi connectivity index (χ2v) is 3.91. The van der Waals surface area contributed by atoms with Crippen molar-refractivity contribution >= 4 is 17.7 Å². The molecule has 0 aliphatic heterocycles. The zero-order chi connectivity index (χ0) is 14.5. The molecular formula is C13H14N2O5. The topological polar surface area (TPSA) is 93.8 Å². The first-order valence-corrected chi connectivity index (χ1v) is 5.77. The molecule has 106 valence electrons. The number of oxazole rings is 1. The SMILES string of the molecule is COc1ccc(OC)c(Nc2nc(CC(=O)O)co2)c1. The quantitative estimate of drug-likeness (QED) is 0.835. The zero-order valence-electron chi connectivity index (χ0n) is 11.0. The molecule has 1 aromatic carbocycles. The van der Waals surface area contributed by atoms with Crippen LogP contribution < -0.4 is 14.8 Å². The molecule has 0 aliphatic carbocycles. The van der Waals surface area contributed by atoms with Crippen LogP contribution in [0.2, 0.25) is 0 Å². The monoisotopic (exact) mass is 278 g/mol. The van der Waals surface area contributed by atoms with Crippen molar-refractivity contribution < 1.29 is 23.8 Å². The summed E-state index contributed by atoms with van der Waals surface area (Å²) in [5.41, 5.74) is 0.942. The van der Waals surface area contributed by atoms with E-state index in [9.17, 15) is 4.79 Å². The number of hydrogen-bond donors (Lipinski definition) is 2. The summed E-state index contributed by atoms with van der Waals surface area (Å²) in [4.78, 5) is 14.6. The first-order chi connectivity index (χ1) is 9.62. The lowest BCUT2D eigenvalue weighted by molar-refractivity contribution is -0.136. The van der Waals surface area contributed by atoms with E-state index in [0.717, 1.165) is 0 Å². The van der Waals surface area contributed by atoms with Gasteiger partial charge in [0.2, 0.25) is 0 Å². The minimum Gasteiger partial charge on any atom is -0.497 e. The minimum absolute atomic E-state index is 0.188. The van der Waals surface area contributed by atoms with Crippen LogP contribution in [0.1, 0.15) is 5.69 Å². The first-order valence-electron chi connectivity index (χ1n) is 5.77. The highest BCUT2D eigenvalue weighted by atomic mass is 16.5. The van der Waals surface area contributed by atoms with Crippen molar-refractivity contribution in [1.29, 1.82) is 0 Å². The normalized spacial score (nSPS) is 10.1. The Morgan fingerprint density at radius 2 is 2.20 bits per heavy atom. The fourth-order valence-corrected chi connectivity index (χ4v) is 1.63. The van der Waals surface area contributed by atoms with E-state index >= 15 is 0 Å². The standard InChI is InChI=1S/C13H14N2O5/c1-18-9-3-4-11(19-2)10(6-9)15-13-14-8(7-20-13)5-12(16)17/h3-4,6-7H,5H2,1-2H3,(H,14,15)(H,16,17). The van der Waals surface area contributed by atoms with Crippen molar-refractivity contribution in [3.8, 4) is 11.5 Å². The number of hydrogen-bond acceptors (Lipinski definition) is 6. The number of aromatic nitrogens is 1. The Hall–Kier alpha value is -2.70. The van der Waals surface area contributed by atoms with Crippen LogP contribution in [-0.4, -0.2) is 30.3 Å². The van der Waals surface area contributed by atoms with Crippen LogP contribution in [0.25, 0.3) is 0 Å². The molecule has 0 fully saturated rings. The van der Waals surface area contributed by atoms with E-state index in [2.05, 4.69) is 10.3 Å². The summed E-state index contributed by atoms with van der Waals surface area (Å²) < 4.78 is 15.5. The number of ether oxygens (including phenoxy) is 2. The zero-order valence-corrected chi connectivity index (χ0v) is 11.0. The van der Waals surface area contributed by atoms with E-state index in [4.69, 9.17) is 19.0 Å². The Morgan fingerprint density at radius 3 is 2.85 bits per heavy atom. The Balaban J connectivity index is 2.20. The van der Waals surface area contributed by atoms with Gasteiger partial charge in [-0.25, -0.2) is 0 Å². The van der Waals surface area contributed by atoms with Crippen molar-refractivity contribution in [3.05, 3.63) is 30.2 Å². The molecule has 0 radical (unpaired) electrons. The van der Waals surface area contributed by atoms with E-state index in [1.807, 2.05) is 0 Å². The molecular weight excluding hydrogens is 264 g/mol. The number of nitrogens with zero attached hydrogens (tertiary/aromatic N) is 1. The number of benzene rings is 1. The molecule has 2 N–H and O–H groups in total. The van der Waals surface area contributed by atoms with E-state index in [1.165, 1.54) is 6.26 Å². The number of carboxylic acids is 1. The minimum atomic E-state index is -0.969. The molecule has 0 amide bonds. The molecule has 0 saturated carbocycles. The largest absolute Gasteiger partial charge is 0.497 e. The maximum absolute atomic E-state index is 10.6. The molecule has 1 aromatic heterocycles. The highest BCUT2D eigenvalue weighted by Crippen LogP contribution is 2.31.